The van der Waals surface area contributed by atoms with E-state index < -0.39 is 5.82 Å². The Hall–Kier alpha value is -1.29. The molecule has 3 N–H and O–H groups in total. The summed E-state index contributed by atoms with van der Waals surface area (Å²) in [5.41, 5.74) is 6.48. The maximum Gasteiger partial charge on any atom is 0.193 e. The second-order valence-electron chi connectivity index (χ2n) is 4.56. The van der Waals surface area contributed by atoms with Crippen molar-refractivity contribution in [2.75, 3.05) is 5.32 Å². The SMILES string of the molecule is NC(=NC1CCCCC1)Nc1ccc(F)c(Cl)c1. The molecule has 0 aliphatic heterocycles. The smallest absolute Gasteiger partial charge is 0.193 e. The van der Waals surface area contributed by atoms with Gasteiger partial charge in [0.1, 0.15) is 5.82 Å². The van der Waals surface area contributed by atoms with Crippen LogP contribution in [-0.4, -0.2) is 12.0 Å². The van der Waals surface area contributed by atoms with Gasteiger partial charge in [0.25, 0.3) is 0 Å². The molecule has 1 aromatic carbocycles. The fourth-order valence-corrected chi connectivity index (χ4v) is 2.34. The largest absolute Gasteiger partial charge is 0.370 e. The van der Waals surface area contributed by atoms with E-state index in [1.54, 1.807) is 6.07 Å². The second kappa shape index (κ2) is 6.05. The molecule has 1 aliphatic rings. The Morgan fingerprint density at radius 1 is 1.33 bits per heavy atom. The molecule has 0 bridgehead atoms. The molecule has 0 aromatic heterocycles. The van der Waals surface area contributed by atoms with Gasteiger partial charge in [0.05, 0.1) is 11.1 Å². The lowest BCUT2D eigenvalue weighted by molar-refractivity contribution is 0.443. The minimum absolute atomic E-state index is 0.0745. The highest BCUT2D eigenvalue weighted by atomic mass is 35.5. The van der Waals surface area contributed by atoms with Crippen molar-refractivity contribution in [2.24, 2.45) is 10.7 Å². The lowest BCUT2D eigenvalue weighted by Crippen LogP contribution is -2.26. The van der Waals surface area contributed by atoms with Gasteiger partial charge in [0, 0.05) is 5.69 Å². The lowest BCUT2D eigenvalue weighted by Gasteiger charge is -2.18. The summed E-state index contributed by atoms with van der Waals surface area (Å²) in [5.74, 6) is -0.0745. The van der Waals surface area contributed by atoms with Gasteiger partial charge >= 0.3 is 0 Å². The van der Waals surface area contributed by atoms with Crippen molar-refractivity contribution in [3.8, 4) is 0 Å². The Labute approximate surface area is 111 Å². The molecule has 98 valence electrons. The first kappa shape index (κ1) is 13.1. The Balaban J connectivity index is 1.98. The molecule has 0 heterocycles. The Morgan fingerprint density at radius 2 is 2.06 bits per heavy atom. The number of halogens is 2. The van der Waals surface area contributed by atoms with Crippen molar-refractivity contribution in [1.29, 1.82) is 0 Å². The van der Waals surface area contributed by atoms with Crippen molar-refractivity contribution in [1.82, 2.24) is 0 Å². The zero-order valence-electron chi connectivity index (χ0n) is 10.1. The van der Waals surface area contributed by atoms with E-state index in [0.717, 1.165) is 12.8 Å². The van der Waals surface area contributed by atoms with Crippen LogP contribution in [0.15, 0.2) is 23.2 Å². The van der Waals surface area contributed by atoms with Gasteiger partial charge in [0.15, 0.2) is 5.96 Å². The molecule has 0 atom stereocenters. The summed E-state index contributed by atoms with van der Waals surface area (Å²) in [7, 11) is 0. The molecule has 0 radical (unpaired) electrons. The van der Waals surface area contributed by atoms with E-state index in [0.29, 0.717) is 17.7 Å². The summed E-state index contributed by atoms with van der Waals surface area (Å²) < 4.78 is 13.0. The zero-order valence-corrected chi connectivity index (χ0v) is 10.9. The fraction of sp³-hybridized carbons (Fsp3) is 0.462. The van der Waals surface area contributed by atoms with Gasteiger partial charge < -0.3 is 11.1 Å². The molecular weight excluding hydrogens is 253 g/mol. The van der Waals surface area contributed by atoms with Crippen LogP contribution in [0.25, 0.3) is 0 Å². The number of nitrogens with two attached hydrogens (primary N) is 1. The summed E-state index contributed by atoms with van der Waals surface area (Å²) in [4.78, 5) is 4.43. The summed E-state index contributed by atoms with van der Waals surface area (Å²) in [5, 5.41) is 3.01. The van der Waals surface area contributed by atoms with Crippen molar-refractivity contribution in [3.63, 3.8) is 0 Å². The van der Waals surface area contributed by atoms with Gasteiger partial charge in [-0.05, 0) is 31.0 Å². The number of aliphatic imine (C=N–C) groups is 1. The number of benzene rings is 1. The van der Waals surface area contributed by atoms with E-state index in [-0.39, 0.29) is 5.02 Å². The first-order valence-corrected chi connectivity index (χ1v) is 6.58. The molecule has 0 spiro atoms. The lowest BCUT2D eigenvalue weighted by atomic mass is 9.96. The molecule has 3 nitrogen and oxygen atoms in total. The van der Waals surface area contributed by atoms with Gasteiger partial charge in [-0.25, -0.2) is 9.38 Å². The second-order valence-corrected chi connectivity index (χ2v) is 4.97. The molecule has 2 rings (SSSR count). The van der Waals surface area contributed by atoms with E-state index in [9.17, 15) is 4.39 Å². The van der Waals surface area contributed by atoms with Crippen molar-refractivity contribution < 1.29 is 4.39 Å². The monoisotopic (exact) mass is 269 g/mol. The van der Waals surface area contributed by atoms with Crippen LogP contribution in [0.1, 0.15) is 32.1 Å². The molecule has 0 saturated heterocycles. The molecule has 1 aliphatic carbocycles. The number of guanidine groups is 1. The van der Waals surface area contributed by atoms with Gasteiger partial charge in [-0.1, -0.05) is 30.9 Å². The maximum atomic E-state index is 13.0. The number of anilines is 1. The van der Waals surface area contributed by atoms with Crippen LogP contribution < -0.4 is 11.1 Å². The first-order valence-electron chi connectivity index (χ1n) is 6.20. The third-order valence-corrected chi connectivity index (χ3v) is 3.38. The third kappa shape index (κ3) is 3.60. The van der Waals surface area contributed by atoms with E-state index in [1.165, 1.54) is 31.4 Å². The highest BCUT2D eigenvalue weighted by Crippen LogP contribution is 2.21. The maximum absolute atomic E-state index is 13.0. The van der Waals surface area contributed by atoms with Gasteiger partial charge in [-0.15, -0.1) is 0 Å². The minimum atomic E-state index is -0.440. The van der Waals surface area contributed by atoms with E-state index in [1.807, 2.05) is 0 Å². The van der Waals surface area contributed by atoms with Crippen molar-refractivity contribution >= 4 is 23.2 Å². The number of nitrogens with one attached hydrogen (secondary N) is 1. The normalized spacial score (nSPS) is 17.8. The van der Waals surface area contributed by atoms with Crippen LogP contribution in [0.3, 0.4) is 0 Å². The highest BCUT2D eigenvalue weighted by Gasteiger charge is 2.12. The molecule has 0 unspecified atom stereocenters. The Kier molecular flexibility index (Phi) is 4.42. The van der Waals surface area contributed by atoms with Crippen LogP contribution in [0.4, 0.5) is 10.1 Å². The van der Waals surface area contributed by atoms with E-state index >= 15 is 0 Å². The molecule has 18 heavy (non-hydrogen) atoms. The van der Waals surface area contributed by atoms with Gasteiger partial charge in [-0.3, -0.25) is 0 Å². The quantitative estimate of drug-likeness (QED) is 0.637. The summed E-state index contributed by atoms with van der Waals surface area (Å²) in [6.45, 7) is 0. The number of rotatable bonds is 2. The molecule has 1 aromatic rings. The van der Waals surface area contributed by atoms with Gasteiger partial charge in [0.2, 0.25) is 0 Å². The third-order valence-electron chi connectivity index (χ3n) is 3.09. The van der Waals surface area contributed by atoms with Crippen LogP contribution in [0.5, 0.6) is 0 Å². The summed E-state index contributed by atoms with van der Waals surface area (Å²) in [6.07, 6.45) is 5.89. The number of nitrogens with zero attached hydrogens (tertiary/aromatic N) is 1. The minimum Gasteiger partial charge on any atom is -0.370 e. The average molecular weight is 270 g/mol. The first-order chi connectivity index (χ1) is 8.65. The number of hydrogen-bond acceptors (Lipinski definition) is 1. The van der Waals surface area contributed by atoms with E-state index in [4.69, 9.17) is 17.3 Å². The Bertz CT molecular complexity index is 442. The topological polar surface area (TPSA) is 50.4 Å². The molecule has 1 saturated carbocycles. The molecule has 1 fully saturated rings. The predicted molar refractivity (Wildman–Crippen MR) is 73.5 cm³/mol. The van der Waals surface area contributed by atoms with Crippen LogP contribution >= 0.6 is 11.6 Å². The summed E-state index contributed by atoms with van der Waals surface area (Å²) in [6, 6.07) is 4.70. The molecule has 0 amide bonds. The van der Waals surface area contributed by atoms with Crippen molar-refractivity contribution in [2.45, 2.75) is 38.1 Å². The molecule has 5 heteroatoms. The zero-order chi connectivity index (χ0) is 13.0. The van der Waals surface area contributed by atoms with Crippen LogP contribution in [0.2, 0.25) is 5.02 Å². The van der Waals surface area contributed by atoms with Crippen LogP contribution in [0, 0.1) is 5.82 Å². The van der Waals surface area contributed by atoms with E-state index in [2.05, 4.69) is 10.3 Å². The van der Waals surface area contributed by atoms with Crippen molar-refractivity contribution in [3.05, 3.63) is 29.0 Å². The van der Waals surface area contributed by atoms with Crippen LogP contribution in [-0.2, 0) is 0 Å². The standard InChI is InChI=1S/C13H17ClFN3/c14-11-8-10(6-7-12(11)15)18-13(16)17-9-4-2-1-3-5-9/h6-9H,1-5H2,(H3,16,17,18). The van der Waals surface area contributed by atoms with Gasteiger partial charge in [-0.2, -0.15) is 0 Å². The Morgan fingerprint density at radius 3 is 2.72 bits per heavy atom. The highest BCUT2D eigenvalue weighted by molar-refractivity contribution is 6.31. The summed E-state index contributed by atoms with van der Waals surface area (Å²) >= 11 is 5.69. The molecular formula is C13H17ClFN3. The average Bonchev–Trinajstić information content (AvgIpc) is 2.35. The fourth-order valence-electron chi connectivity index (χ4n) is 2.16. The number of hydrogen-bond donors (Lipinski definition) is 2. The predicted octanol–water partition coefficient (Wildman–Crippen LogP) is 3.54.